The number of nitrogens with two attached hydrogens (primary N) is 1. The SMILES string of the molecule is CN(CCC(N)c1ccc(F)cn1)Cc1cccc(Cl)c1. The maximum Gasteiger partial charge on any atom is 0.141 e. The van der Waals surface area contributed by atoms with E-state index in [1.54, 1.807) is 6.07 Å². The van der Waals surface area contributed by atoms with Gasteiger partial charge in [-0.25, -0.2) is 4.39 Å². The molecule has 112 valence electrons. The Morgan fingerprint density at radius 2 is 2.14 bits per heavy atom. The molecule has 21 heavy (non-hydrogen) atoms. The van der Waals surface area contributed by atoms with E-state index in [-0.39, 0.29) is 11.9 Å². The van der Waals surface area contributed by atoms with Crippen molar-refractivity contribution < 1.29 is 4.39 Å². The fourth-order valence-corrected chi connectivity index (χ4v) is 2.35. The van der Waals surface area contributed by atoms with E-state index in [1.165, 1.54) is 17.8 Å². The summed E-state index contributed by atoms with van der Waals surface area (Å²) < 4.78 is 12.8. The Morgan fingerprint density at radius 3 is 2.81 bits per heavy atom. The van der Waals surface area contributed by atoms with E-state index in [0.29, 0.717) is 5.69 Å². The van der Waals surface area contributed by atoms with Crippen LogP contribution < -0.4 is 5.73 Å². The first-order valence-electron chi connectivity index (χ1n) is 6.84. The third-order valence-corrected chi connectivity index (χ3v) is 3.53. The molecule has 2 aromatic rings. The lowest BCUT2D eigenvalue weighted by Gasteiger charge is -2.19. The fourth-order valence-electron chi connectivity index (χ4n) is 2.14. The number of halogens is 2. The summed E-state index contributed by atoms with van der Waals surface area (Å²) in [6.07, 6.45) is 1.96. The Labute approximate surface area is 129 Å². The van der Waals surface area contributed by atoms with Gasteiger partial charge in [0.05, 0.1) is 11.9 Å². The molecule has 0 bridgehead atoms. The molecular weight excluding hydrogens is 289 g/mol. The molecule has 0 fully saturated rings. The van der Waals surface area contributed by atoms with Crippen LogP contribution in [0.1, 0.15) is 23.7 Å². The fraction of sp³-hybridized carbons (Fsp3) is 0.312. The monoisotopic (exact) mass is 307 g/mol. The number of pyridine rings is 1. The van der Waals surface area contributed by atoms with E-state index in [0.717, 1.165) is 24.5 Å². The molecule has 0 spiro atoms. The molecule has 0 saturated heterocycles. The van der Waals surface area contributed by atoms with E-state index in [1.807, 2.05) is 31.3 Å². The van der Waals surface area contributed by atoms with Gasteiger partial charge in [0, 0.05) is 24.2 Å². The summed E-state index contributed by atoms with van der Waals surface area (Å²) in [5.41, 5.74) is 7.96. The molecule has 2 N–H and O–H groups in total. The number of nitrogens with zero attached hydrogens (tertiary/aromatic N) is 2. The Morgan fingerprint density at radius 1 is 1.33 bits per heavy atom. The Kier molecular flexibility index (Phi) is 5.67. The van der Waals surface area contributed by atoms with Crippen LogP contribution in [0, 0.1) is 5.82 Å². The second-order valence-corrected chi connectivity index (χ2v) is 5.60. The van der Waals surface area contributed by atoms with Gasteiger partial charge in [0.1, 0.15) is 5.82 Å². The third-order valence-electron chi connectivity index (χ3n) is 3.29. The van der Waals surface area contributed by atoms with Gasteiger partial charge in [0.25, 0.3) is 0 Å². The van der Waals surface area contributed by atoms with Crippen molar-refractivity contribution in [2.24, 2.45) is 5.73 Å². The average molecular weight is 308 g/mol. The zero-order valence-electron chi connectivity index (χ0n) is 12.0. The van der Waals surface area contributed by atoms with Crippen LogP contribution >= 0.6 is 11.6 Å². The van der Waals surface area contributed by atoms with E-state index < -0.39 is 0 Å². The first kappa shape index (κ1) is 15.9. The lowest BCUT2D eigenvalue weighted by atomic mass is 10.1. The second-order valence-electron chi connectivity index (χ2n) is 5.16. The molecule has 0 radical (unpaired) electrons. The van der Waals surface area contributed by atoms with Crippen LogP contribution in [0.15, 0.2) is 42.6 Å². The van der Waals surface area contributed by atoms with Crippen molar-refractivity contribution in [1.29, 1.82) is 0 Å². The van der Waals surface area contributed by atoms with Crippen LogP contribution in [-0.2, 0) is 6.54 Å². The molecule has 0 aliphatic rings. The lowest BCUT2D eigenvalue weighted by Crippen LogP contribution is -2.23. The van der Waals surface area contributed by atoms with E-state index in [2.05, 4.69) is 9.88 Å². The molecule has 1 unspecified atom stereocenters. The smallest absolute Gasteiger partial charge is 0.141 e. The highest BCUT2D eigenvalue weighted by molar-refractivity contribution is 6.30. The maximum absolute atomic E-state index is 12.8. The highest BCUT2D eigenvalue weighted by Gasteiger charge is 2.09. The van der Waals surface area contributed by atoms with Gasteiger partial charge in [-0.1, -0.05) is 23.7 Å². The van der Waals surface area contributed by atoms with E-state index >= 15 is 0 Å². The van der Waals surface area contributed by atoms with Crippen molar-refractivity contribution >= 4 is 11.6 Å². The molecular formula is C16H19ClFN3. The van der Waals surface area contributed by atoms with Gasteiger partial charge in [0.2, 0.25) is 0 Å². The molecule has 1 heterocycles. The minimum absolute atomic E-state index is 0.188. The Bertz CT molecular complexity index is 574. The summed E-state index contributed by atoms with van der Waals surface area (Å²) in [6, 6.07) is 10.6. The predicted octanol–water partition coefficient (Wildman–Crippen LogP) is 3.40. The summed E-state index contributed by atoms with van der Waals surface area (Å²) in [4.78, 5) is 6.19. The van der Waals surface area contributed by atoms with Crippen molar-refractivity contribution in [2.45, 2.75) is 19.0 Å². The van der Waals surface area contributed by atoms with Crippen LogP contribution in [0.4, 0.5) is 4.39 Å². The standard InChI is InChI=1S/C16H19ClFN3/c1-21(11-12-3-2-4-13(17)9-12)8-7-15(19)16-6-5-14(18)10-20-16/h2-6,9-10,15H,7-8,11,19H2,1H3. The number of rotatable bonds is 6. The molecule has 0 amide bonds. The maximum atomic E-state index is 12.8. The van der Waals surface area contributed by atoms with Crippen molar-refractivity contribution in [2.75, 3.05) is 13.6 Å². The Balaban J connectivity index is 1.83. The second kappa shape index (κ2) is 7.50. The molecule has 5 heteroatoms. The highest BCUT2D eigenvalue weighted by atomic mass is 35.5. The van der Waals surface area contributed by atoms with Gasteiger partial charge in [-0.2, -0.15) is 0 Å². The van der Waals surface area contributed by atoms with Crippen molar-refractivity contribution in [3.05, 3.63) is 64.7 Å². The van der Waals surface area contributed by atoms with Gasteiger partial charge in [-0.05, 0) is 43.3 Å². The van der Waals surface area contributed by atoms with Crippen LogP contribution in [0.5, 0.6) is 0 Å². The number of benzene rings is 1. The van der Waals surface area contributed by atoms with E-state index in [9.17, 15) is 4.39 Å². The average Bonchev–Trinajstić information content (AvgIpc) is 2.45. The molecule has 2 rings (SSSR count). The normalized spacial score (nSPS) is 12.6. The van der Waals surface area contributed by atoms with Gasteiger partial charge >= 0.3 is 0 Å². The van der Waals surface area contributed by atoms with Crippen LogP contribution in [0.25, 0.3) is 0 Å². The lowest BCUT2D eigenvalue weighted by molar-refractivity contribution is 0.310. The Hall–Kier alpha value is -1.49. The molecule has 0 saturated carbocycles. The molecule has 1 aromatic heterocycles. The zero-order valence-corrected chi connectivity index (χ0v) is 12.7. The summed E-state index contributed by atoms with van der Waals surface area (Å²) in [6.45, 7) is 1.64. The predicted molar refractivity (Wildman–Crippen MR) is 83.5 cm³/mol. The first-order valence-corrected chi connectivity index (χ1v) is 7.22. The van der Waals surface area contributed by atoms with Crippen LogP contribution in [-0.4, -0.2) is 23.5 Å². The van der Waals surface area contributed by atoms with Gasteiger partial charge in [-0.15, -0.1) is 0 Å². The molecule has 0 aliphatic heterocycles. The zero-order chi connectivity index (χ0) is 15.2. The topological polar surface area (TPSA) is 42.1 Å². The minimum atomic E-state index is -0.343. The minimum Gasteiger partial charge on any atom is -0.323 e. The van der Waals surface area contributed by atoms with Crippen molar-refractivity contribution in [3.63, 3.8) is 0 Å². The summed E-state index contributed by atoms with van der Waals surface area (Å²) >= 11 is 5.97. The quantitative estimate of drug-likeness (QED) is 0.889. The number of hydrogen-bond acceptors (Lipinski definition) is 3. The first-order chi connectivity index (χ1) is 10.0. The largest absolute Gasteiger partial charge is 0.323 e. The van der Waals surface area contributed by atoms with Gasteiger partial charge in [0.15, 0.2) is 0 Å². The number of aromatic nitrogens is 1. The van der Waals surface area contributed by atoms with Gasteiger partial charge in [-0.3, -0.25) is 4.98 Å². The highest BCUT2D eigenvalue weighted by Crippen LogP contribution is 2.15. The molecule has 1 atom stereocenters. The summed E-state index contributed by atoms with van der Waals surface area (Å²) in [7, 11) is 2.03. The van der Waals surface area contributed by atoms with Crippen molar-refractivity contribution in [1.82, 2.24) is 9.88 Å². The van der Waals surface area contributed by atoms with Crippen LogP contribution in [0.2, 0.25) is 5.02 Å². The number of hydrogen-bond donors (Lipinski definition) is 1. The molecule has 1 aromatic carbocycles. The molecule has 3 nitrogen and oxygen atoms in total. The van der Waals surface area contributed by atoms with Gasteiger partial charge < -0.3 is 10.6 Å². The summed E-state index contributed by atoms with van der Waals surface area (Å²) in [5, 5.41) is 0.744. The summed E-state index contributed by atoms with van der Waals surface area (Å²) in [5.74, 6) is -0.343. The van der Waals surface area contributed by atoms with E-state index in [4.69, 9.17) is 17.3 Å². The third kappa shape index (κ3) is 5.08. The van der Waals surface area contributed by atoms with Crippen LogP contribution in [0.3, 0.4) is 0 Å². The molecule has 0 aliphatic carbocycles. The van der Waals surface area contributed by atoms with Crippen molar-refractivity contribution in [3.8, 4) is 0 Å².